The molecule has 4 nitrogen and oxygen atoms in total. The maximum Gasteiger partial charge on any atom is 0.0972 e. The van der Waals surface area contributed by atoms with Gasteiger partial charge in [-0.3, -0.25) is 4.90 Å². The van der Waals surface area contributed by atoms with E-state index in [0.717, 1.165) is 25.4 Å². The van der Waals surface area contributed by atoms with Gasteiger partial charge in [0.15, 0.2) is 0 Å². The lowest BCUT2D eigenvalue weighted by Crippen LogP contribution is -2.53. The van der Waals surface area contributed by atoms with Crippen LogP contribution in [0.3, 0.4) is 0 Å². The largest absolute Gasteiger partial charge is 0.377 e. The van der Waals surface area contributed by atoms with Gasteiger partial charge >= 0.3 is 0 Å². The minimum absolute atomic E-state index is 0.189. The molecule has 94 valence electrons. The summed E-state index contributed by atoms with van der Waals surface area (Å²) in [4.78, 5) is 2.48. The zero-order chi connectivity index (χ0) is 11.6. The summed E-state index contributed by atoms with van der Waals surface area (Å²) in [6.07, 6.45) is 1.58. The van der Waals surface area contributed by atoms with Crippen molar-refractivity contribution >= 4 is 11.8 Å². The third kappa shape index (κ3) is 2.11. The highest BCUT2D eigenvalue weighted by Crippen LogP contribution is 2.35. The van der Waals surface area contributed by atoms with Crippen LogP contribution in [0.15, 0.2) is 0 Å². The Morgan fingerprint density at radius 3 is 2.31 bits per heavy atom. The molecule has 0 aromatic carbocycles. The Hall–Kier alpha value is 0.190. The summed E-state index contributed by atoms with van der Waals surface area (Å²) >= 11 is 2.01. The fraction of sp³-hybridized carbons (Fsp3) is 1.00. The molecule has 2 heterocycles. The normalized spacial score (nSPS) is 40.7. The van der Waals surface area contributed by atoms with Crippen LogP contribution >= 0.6 is 11.8 Å². The molecule has 0 bridgehead atoms. The van der Waals surface area contributed by atoms with Gasteiger partial charge < -0.3 is 15.2 Å². The fourth-order valence-electron chi connectivity index (χ4n) is 2.72. The second-order valence-electron chi connectivity index (χ2n) is 4.68. The first kappa shape index (κ1) is 12.6. The van der Waals surface area contributed by atoms with Crippen LogP contribution in [0, 0.1) is 0 Å². The van der Waals surface area contributed by atoms with Crippen molar-refractivity contribution in [2.24, 2.45) is 5.73 Å². The van der Waals surface area contributed by atoms with Gasteiger partial charge in [0.25, 0.3) is 0 Å². The lowest BCUT2D eigenvalue weighted by atomic mass is 9.97. The number of nitrogens with two attached hydrogens (primary N) is 1. The van der Waals surface area contributed by atoms with E-state index >= 15 is 0 Å². The molecule has 2 aliphatic rings. The Labute approximate surface area is 102 Å². The van der Waals surface area contributed by atoms with Crippen molar-refractivity contribution < 1.29 is 9.47 Å². The van der Waals surface area contributed by atoms with Crippen LogP contribution in [-0.2, 0) is 9.47 Å². The number of methoxy groups -OCH3 is 2. The van der Waals surface area contributed by atoms with E-state index in [4.69, 9.17) is 15.2 Å². The highest BCUT2D eigenvalue weighted by Gasteiger charge is 2.45. The Kier molecular flexibility index (Phi) is 4.13. The molecule has 2 aliphatic heterocycles. The minimum atomic E-state index is 0.189. The molecule has 0 spiro atoms. The van der Waals surface area contributed by atoms with Crippen molar-refractivity contribution in [1.29, 1.82) is 0 Å². The Bertz CT molecular complexity index is 222. The average molecular weight is 246 g/mol. The predicted molar refractivity (Wildman–Crippen MR) is 66.9 cm³/mol. The van der Waals surface area contributed by atoms with Gasteiger partial charge in [-0.1, -0.05) is 0 Å². The number of ether oxygens (including phenoxy) is 2. The van der Waals surface area contributed by atoms with Crippen molar-refractivity contribution in [2.75, 3.05) is 45.4 Å². The standard InChI is InChI=1S/C11H22N2O2S/c1-14-9-5-13(6-10(9)15-2)11(7-12)3-4-16-8-11/h9-10H,3-8,12H2,1-2H3. The number of rotatable bonds is 4. The maximum atomic E-state index is 5.99. The molecule has 3 unspecified atom stereocenters. The van der Waals surface area contributed by atoms with Crippen LogP contribution in [0.2, 0.25) is 0 Å². The van der Waals surface area contributed by atoms with Crippen LogP contribution in [-0.4, -0.2) is 68.0 Å². The summed E-state index contributed by atoms with van der Waals surface area (Å²) in [7, 11) is 3.53. The molecular weight excluding hydrogens is 224 g/mol. The molecule has 0 radical (unpaired) electrons. The van der Waals surface area contributed by atoms with Crippen molar-refractivity contribution in [3.63, 3.8) is 0 Å². The summed E-state index contributed by atoms with van der Waals surface area (Å²) in [6, 6.07) is 0. The van der Waals surface area contributed by atoms with Gasteiger partial charge in [-0.25, -0.2) is 0 Å². The van der Waals surface area contributed by atoms with Gasteiger partial charge in [0.1, 0.15) is 0 Å². The zero-order valence-corrected chi connectivity index (χ0v) is 11.0. The lowest BCUT2D eigenvalue weighted by Gasteiger charge is -2.37. The van der Waals surface area contributed by atoms with Crippen molar-refractivity contribution in [1.82, 2.24) is 4.90 Å². The molecule has 16 heavy (non-hydrogen) atoms. The fourth-order valence-corrected chi connectivity index (χ4v) is 4.21. The number of nitrogens with zero attached hydrogens (tertiary/aromatic N) is 1. The quantitative estimate of drug-likeness (QED) is 0.766. The summed E-state index contributed by atoms with van der Waals surface area (Å²) in [6.45, 7) is 2.65. The Morgan fingerprint density at radius 1 is 1.31 bits per heavy atom. The number of hydrogen-bond acceptors (Lipinski definition) is 5. The molecule has 0 saturated carbocycles. The molecule has 0 aromatic heterocycles. The first-order chi connectivity index (χ1) is 7.75. The van der Waals surface area contributed by atoms with E-state index in [1.54, 1.807) is 14.2 Å². The van der Waals surface area contributed by atoms with Crippen molar-refractivity contribution in [3.05, 3.63) is 0 Å². The van der Waals surface area contributed by atoms with Crippen LogP contribution < -0.4 is 5.73 Å². The van der Waals surface area contributed by atoms with Gasteiger partial charge in [0.05, 0.1) is 12.2 Å². The highest BCUT2D eigenvalue weighted by atomic mass is 32.2. The van der Waals surface area contributed by atoms with E-state index in [9.17, 15) is 0 Å². The van der Waals surface area contributed by atoms with Gasteiger partial charge in [-0.05, 0) is 12.2 Å². The second-order valence-corrected chi connectivity index (χ2v) is 5.79. The summed E-state index contributed by atoms with van der Waals surface area (Å²) < 4.78 is 11.0. The molecule has 2 rings (SSSR count). The molecule has 0 aromatic rings. The third-order valence-electron chi connectivity index (χ3n) is 3.95. The van der Waals surface area contributed by atoms with Gasteiger partial charge in [0.2, 0.25) is 0 Å². The SMILES string of the molecule is COC1CN(C2(CN)CCSC2)CC1OC. The molecule has 2 N–H and O–H groups in total. The number of thioether (sulfide) groups is 1. The topological polar surface area (TPSA) is 47.7 Å². The van der Waals surface area contributed by atoms with E-state index in [1.165, 1.54) is 12.2 Å². The van der Waals surface area contributed by atoms with Crippen molar-refractivity contribution in [3.8, 4) is 0 Å². The molecule has 0 aliphatic carbocycles. The molecule has 3 atom stereocenters. The van der Waals surface area contributed by atoms with Crippen LogP contribution in [0.25, 0.3) is 0 Å². The van der Waals surface area contributed by atoms with Crippen LogP contribution in [0.4, 0.5) is 0 Å². The zero-order valence-electron chi connectivity index (χ0n) is 10.1. The second kappa shape index (κ2) is 5.23. The lowest BCUT2D eigenvalue weighted by molar-refractivity contribution is -0.00461. The minimum Gasteiger partial charge on any atom is -0.377 e. The summed E-state index contributed by atoms with van der Waals surface area (Å²) in [5.41, 5.74) is 6.17. The number of hydrogen-bond donors (Lipinski definition) is 1. The first-order valence-corrected chi connectivity index (χ1v) is 6.99. The summed E-state index contributed by atoms with van der Waals surface area (Å²) in [5.74, 6) is 2.37. The predicted octanol–water partition coefficient (Wildman–Crippen LogP) is 0.166. The van der Waals surface area contributed by atoms with E-state index in [1.807, 2.05) is 11.8 Å². The maximum absolute atomic E-state index is 5.99. The monoisotopic (exact) mass is 246 g/mol. The summed E-state index contributed by atoms with van der Waals surface area (Å²) in [5, 5.41) is 0. The van der Waals surface area contributed by atoms with Gasteiger partial charge in [0, 0.05) is 45.1 Å². The highest BCUT2D eigenvalue weighted by molar-refractivity contribution is 7.99. The van der Waals surface area contributed by atoms with E-state index in [2.05, 4.69) is 4.90 Å². The molecule has 2 fully saturated rings. The molecule has 5 heteroatoms. The Morgan fingerprint density at radius 2 is 1.94 bits per heavy atom. The first-order valence-electron chi connectivity index (χ1n) is 5.84. The smallest absolute Gasteiger partial charge is 0.0972 e. The van der Waals surface area contributed by atoms with E-state index in [-0.39, 0.29) is 17.7 Å². The number of likely N-dealkylation sites (tertiary alicyclic amines) is 1. The average Bonchev–Trinajstić information content (AvgIpc) is 2.95. The van der Waals surface area contributed by atoms with Crippen molar-refractivity contribution in [2.45, 2.75) is 24.2 Å². The molecule has 2 saturated heterocycles. The van der Waals surface area contributed by atoms with E-state index in [0.29, 0.717) is 0 Å². The van der Waals surface area contributed by atoms with Gasteiger partial charge in [-0.2, -0.15) is 11.8 Å². The Balaban J connectivity index is 2.05. The van der Waals surface area contributed by atoms with Crippen LogP contribution in [0.5, 0.6) is 0 Å². The van der Waals surface area contributed by atoms with Gasteiger partial charge in [-0.15, -0.1) is 0 Å². The van der Waals surface area contributed by atoms with E-state index < -0.39 is 0 Å². The molecular formula is C11H22N2O2S. The molecule has 0 amide bonds. The van der Waals surface area contributed by atoms with Crippen LogP contribution in [0.1, 0.15) is 6.42 Å². The third-order valence-corrected chi connectivity index (χ3v) is 5.19.